The quantitative estimate of drug-likeness (QED) is 0.851. The summed E-state index contributed by atoms with van der Waals surface area (Å²) >= 11 is 6.00. The predicted molar refractivity (Wildman–Crippen MR) is 68.6 cm³/mol. The Hall–Kier alpha value is -0.770. The molecule has 1 saturated heterocycles. The first kappa shape index (κ1) is 12.7. The highest BCUT2D eigenvalue weighted by Gasteiger charge is 2.37. The molecule has 0 radical (unpaired) electrons. The Bertz CT molecular complexity index is 410. The zero-order valence-corrected chi connectivity index (χ0v) is 10.9. The first-order valence-corrected chi connectivity index (χ1v) is 6.23. The van der Waals surface area contributed by atoms with Crippen molar-refractivity contribution < 1.29 is 9.84 Å². The van der Waals surface area contributed by atoms with Gasteiger partial charge in [-0.25, -0.2) is 0 Å². The smallest absolute Gasteiger partial charge is 0.137 e. The molecule has 0 aliphatic carbocycles. The van der Waals surface area contributed by atoms with Crippen LogP contribution in [0.1, 0.15) is 18.9 Å². The second kappa shape index (κ2) is 4.84. The highest BCUT2D eigenvalue weighted by Crippen LogP contribution is 2.38. The summed E-state index contributed by atoms with van der Waals surface area (Å²) in [6.07, 6.45) is 0.707. The molecule has 0 amide bonds. The van der Waals surface area contributed by atoms with E-state index in [0.29, 0.717) is 17.2 Å². The molecule has 2 atom stereocenters. The van der Waals surface area contributed by atoms with Crippen molar-refractivity contribution in [1.82, 2.24) is 5.32 Å². The van der Waals surface area contributed by atoms with Gasteiger partial charge in [0.25, 0.3) is 0 Å². The minimum atomic E-state index is -0.789. The van der Waals surface area contributed by atoms with Crippen molar-refractivity contribution in [2.75, 3.05) is 20.2 Å². The third-order valence-electron chi connectivity index (χ3n) is 3.60. The lowest BCUT2D eigenvalue weighted by atomic mass is 9.77. The molecule has 1 fully saturated rings. The number of nitrogens with one attached hydrogen (secondary N) is 1. The highest BCUT2D eigenvalue weighted by atomic mass is 35.5. The number of methoxy groups -OCH3 is 1. The molecule has 1 heterocycles. The SMILES string of the molecule is COc1cc(C2(O)CCNCC2C)ccc1Cl. The predicted octanol–water partition coefficient (Wildman–Crippen LogP) is 2.17. The van der Waals surface area contributed by atoms with Gasteiger partial charge in [-0.2, -0.15) is 0 Å². The number of hydrogen-bond donors (Lipinski definition) is 2. The molecule has 2 N–H and O–H groups in total. The number of aliphatic hydroxyl groups is 1. The van der Waals surface area contributed by atoms with E-state index in [9.17, 15) is 5.11 Å². The molecule has 1 aliphatic heterocycles. The maximum absolute atomic E-state index is 10.8. The van der Waals surface area contributed by atoms with Crippen LogP contribution in [-0.2, 0) is 5.60 Å². The number of hydrogen-bond acceptors (Lipinski definition) is 3. The van der Waals surface area contributed by atoms with Gasteiger partial charge in [-0.15, -0.1) is 0 Å². The van der Waals surface area contributed by atoms with Crippen molar-refractivity contribution in [1.29, 1.82) is 0 Å². The summed E-state index contributed by atoms with van der Waals surface area (Å²) in [4.78, 5) is 0. The van der Waals surface area contributed by atoms with Gasteiger partial charge in [-0.3, -0.25) is 0 Å². The van der Waals surface area contributed by atoms with Crippen LogP contribution in [-0.4, -0.2) is 25.3 Å². The fraction of sp³-hybridized carbons (Fsp3) is 0.538. The van der Waals surface area contributed by atoms with Crippen molar-refractivity contribution in [3.05, 3.63) is 28.8 Å². The summed E-state index contributed by atoms with van der Waals surface area (Å²) in [5.41, 5.74) is 0.0936. The lowest BCUT2D eigenvalue weighted by Crippen LogP contribution is -2.46. The van der Waals surface area contributed by atoms with E-state index in [0.717, 1.165) is 18.7 Å². The number of ether oxygens (including phenoxy) is 1. The van der Waals surface area contributed by atoms with Gasteiger partial charge in [0, 0.05) is 12.5 Å². The van der Waals surface area contributed by atoms with Crippen molar-refractivity contribution in [3.63, 3.8) is 0 Å². The van der Waals surface area contributed by atoms with Crippen molar-refractivity contribution in [3.8, 4) is 5.75 Å². The van der Waals surface area contributed by atoms with Crippen LogP contribution in [0.4, 0.5) is 0 Å². The summed E-state index contributed by atoms with van der Waals surface area (Å²) < 4.78 is 5.20. The summed E-state index contributed by atoms with van der Waals surface area (Å²) in [5, 5.41) is 14.6. The zero-order valence-electron chi connectivity index (χ0n) is 10.2. The molecule has 4 heteroatoms. The molecular formula is C13H18ClNO2. The number of piperidine rings is 1. The monoisotopic (exact) mass is 255 g/mol. The molecule has 1 aliphatic rings. The molecule has 2 rings (SSSR count). The van der Waals surface area contributed by atoms with Gasteiger partial charge in [0.1, 0.15) is 5.75 Å². The molecular weight excluding hydrogens is 238 g/mol. The van der Waals surface area contributed by atoms with Crippen LogP contribution in [0.25, 0.3) is 0 Å². The Morgan fingerprint density at radius 2 is 2.29 bits per heavy atom. The van der Waals surface area contributed by atoms with Crippen molar-refractivity contribution in [2.45, 2.75) is 18.9 Å². The Balaban J connectivity index is 2.38. The Morgan fingerprint density at radius 3 is 2.94 bits per heavy atom. The van der Waals surface area contributed by atoms with Crippen LogP contribution in [0.5, 0.6) is 5.75 Å². The van der Waals surface area contributed by atoms with Gasteiger partial charge in [0.2, 0.25) is 0 Å². The summed E-state index contributed by atoms with van der Waals surface area (Å²) in [6.45, 7) is 3.69. The standard InChI is InChI=1S/C13H18ClNO2/c1-9-8-15-6-5-13(9,16)10-3-4-11(14)12(7-10)17-2/h3-4,7,9,15-16H,5-6,8H2,1-2H3. The number of benzene rings is 1. The van der Waals surface area contributed by atoms with Gasteiger partial charge < -0.3 is 15.2 Å². The summed E-state index contributed by atoms with van der Waals surface area (Å²) in [7, 11) is 1.58. The fourth-order valence-corrected chi connectivity index (χ4v) is 2.57. The lowest BCUT2D eigenvalue weighted by molar-refractivity contribution is -0.0393. The van der Waals surface area contributed by atoms with E-state index in [1.165, 1.54) is 0 Å². The molecule has 0 spiro atoms. The third kappa shape index (κ3) is 2.28. The maximum Gasteiger partial charge on any atom is 0.137 e. The van der Waals surface area contributed by atoms with E-state index < -0.39 is 5.60 Å². The Kier molecular flexibility index (Phi) is 3.61. The van der Waals surface area contributed by atoms with E-state index in [1.54, 1.807) is 13.2 Å². The van der Waals surface area contributed by atoms with E-state index >= 15 is 0 Å². The Labute approximate surface area is 107 Å². The molecule has 2 unspecified atom stereocenters. The van der Waals surface area contributed by atoms with E-state index in [2.05, 4.69) is 5.32 Å². The second-order valence-corrected chi connectivity index (χ2v) is 5.04. The Morgan fingerprint density at radius 1 is 1.53 bits per heavy atom. The largest absolute Gasteiger partial charge is 0.495 e. The molecule has 1 aromatic rings. The van der Waals surface area contributed by atoms with Gasteiger partial charge in [-0.05, 0) is 30.7 Å². The zero-order chi connectivity index (χ0) is 12.5. The summed E-state index contributed by atoms with van der Waals surface area (Å²) in [6, 6.07) is 5.50. The molecule has 0 aromatic heterocycles. The lowest BCUT2D eigenvalue weighted by Gasteiger charge is -2.39. The van der Waals surface area contributed by atoms with Gasteiger partial charge in [-0.1, -0.05) is 24.6 Å². The normalized spacial score (nSPS) is 29.1. The minimum absolute atomic E-state index is 0.169. The number of halogens is 1. The van der Waals surface area contributed by atoms with E-state index in [1.807, 2.05) is 19.1 Å². The van der Waals surface area contributed by atoms with Crippen LogP contribution in [0.2, 0.25) is 5.02 Å². The van der Waals surface area contributed by atoms with Gasteiger partial charge in [0.05, 0.1) is 17.7 Å². The van der Waals surface area contributed by atoms with Crippen molar-refractivity contribution >= 4 is 11.6 Å². The molecule has 0 saturated carbocycles. The molecule has 94 valence electrons. The van der Waals surface area contributed by atoms with Crippen LogP contribution >= 0.6 is 11.6 Å². The van der Waals surface area contributed by atoms with Crippen molar-refractivity contribution in [2.24, 2.45) is 5.92 Å². The average molecular weight is 256 g/mol. The second-order valence-electron chi connectivity index (χ2n) is 4.63. The van der Waals surface area contributed by atoms with E-state index in [4.69, 9.17) is 16.3 Å². The number of rotatable bonds is 2. The molecule has 0 bridgehead atoms. The minimum Gasteiger partial charge on any atom is -0.495 e. The van der Waals surface area contributed by atoms with Crippen LogP contribution in [0.3, 0.4) is 0 Å². The van der Waals surface area contributed by atoms with Crippen LogP contribution < -0.4 is 10.1 Å². The average Bonchev–Trinajstić information content (AvgIpc) is 2.33. The summed E-state index contributed by atoms with van der Waals surface area (Å²) in [5.74, 6) is 0.783. The first-order chi connectivity index (χ1) is 8.08. The third-order valence-corrected chi connectivity index (χ3v) is 3.91. The highest BCUT2D eigenvalue weighted by molar-refractivity contribution is 6.32. The van der Waals surface area contributed by atoms with E-state index in [-0.39, 0.29) is 5.92 Å². The topological polar surface area (TPSA) is 41.5 Å². The van der Waals surface area contributed by atoms with Gasteiger partial charge >= 0.3 is 0 Å². The first-order valence-electron chi connectivity index (χ1n) is 5.85. The molecule has 17 heavy (non-hydrogen) atoms. The van der Waals surface area contributed by atoms with Crippen LogP contribution in [0.15, 0.2) is 18.2 Å². The van der Waals surface area contributed by atoms with Crippen LogP contribution in [0, 0.1) is 5.92 Å². The molecule has 1 aromatic carbocycles. The molecule has 3 nitrogen and oxygen atoms in total. The maximum atomic E-state index is 10.8. The van der Waals surface area contributed by atoms with Gasteiger partial charge in [0.15, 0.2) is 0 Å². The fourth-order valence-electron chi connectivity index (χ4n) is 2.37.